The summed E-state index contributed by atoms with van der Waals surface area (Å²) >= 11 is 1.01. The average Bonchev–Trinajstić information content (AvgIpc) is 2.66. The third-order valence-electron chi connectivity index (χ3n) is 2.60. The van der Waals surface area contributed by atoms with Gasteiger partial charge in [-0.1, -0.05) is 0 Å². The number of alkyl halides is 1. The molecule has 0 aromatic carbocycles. The summed E-state index contributed by atoms with van der Waals surface area (Å²) in [6, 6.07) is 1.38. The van der Waals surface area contributed by atoms with Crippen molar-refractivity contribution in [2.24, 2.45) is 0 Å². The lowest BCUT2D eigenvalue weighted by Gasteiger charge is -2.15. The molecule has 1 aromatic heterocycles. The number of hydrogen-bond acceptors (Lipinski definition) is 8. The van der Waals surface area contributed by atoms with Crippen molar-refractivity contribution in [2.75, 3.05) is 12.3 Å². The number of hydrogen-bond donors (Lipinski definition) is 4. The van der Waals surface area contributed by atoms with Gasteiger partial charge in [0.15, 0.2) is 6.17 Å². The van der Waals surface area contributed by atoms with Crippen molar-refractivity contribution in [3.63, 3.8) is 0 Å². The molecule has 0 amide bonds. The lowest BCUT2D eigenvalue weighted by molar-refractivity contribution is -0.742. The van der Waals surface area contributed by atoms with Gasteiger partial charge in [-0.05, 0) is 6.07 Å². The van der Waals surface area contributed by atoms with Gasteiger partial charge in [0.05, 0.1) is 11.9 Å². The Labute approximate surface area is 121 Å². The normalized spacial score (nSPS) is 27.8. The maximum absolute atomic E-state index is 13.8. The van der Waals surface area contributed by atoms with Crippen LogP contribution in [-0.2, 0) is 0 Å². The van der Waals surface area contributed by atoms with Crippen molar-refractivity contribution in [3.05, 3.63) is 32.9 Å². The SMILES string of the molecule is Nc1ccn([C@@H]2S[C@H](CO)[C@@H](O)[C@@H]2F)c(=O)n1.O=[N+]([O-])O. The zero-order chi connectivity index (χ0) is 16.2. The summed E-state index contributed by atoms with van der Waals surface area (Å²) in [5, 5.41) is 30.6. The Morgan fingerprint density at radius 2 is 2.19 bits per heavy atom. The van der Waals surface area contributed by atoms with Crippen molar-refractivity contribution in [1.82, 2.24) is 9.55 Å². The molecule has 0 bridgehead atoms. The Kier molecular flexibility index (Phi) is 5.87. The lowest BCUT2D eigenvalue weighted by atomic mass is 10.1. The van der Waals surface area contributed by atoms with Crippen LogP contribution in [0.2, 0.25) is 0 Å². The molecule has 1 aliphatic heterocycles. The largest absolute Gasteiger partial charge is 0.395 e. The first-order valence-electron chi connectivity index (χ1n) is 5.54. The van der Waals surface area contributed by atoms with Crippen LogP contribution in [0.1, 0.15) is 5.37 Å². The van der Waals surface area contributed by atoms with Gasteiger partial charge in [0.1, 0.15) is 17.3 Å². The van der Waals surface area contributed by atoms with Crippen LogP contribution in [0.4, 0.5) is 10.2 Å². The highest BCUT2D eigenvalue weighted by Gasteiger charge is 2.44. The summed E-state index contributed by atoms with van der Waals surface area (Å²) in [4.78, 5) is 23.4. The van der Waals surface area contributed by atoms with Crippen LogP contribution >= 0.6 is 11.8 Å². The molecule has 1 aliphatic rings. The first-order chi connectivity index (χ1) is 9.77. The van der Waals surface area contributed by atoms with Crippen LogP contribution in [0.25, 0.3) is 0 Å². The highest BCUT2D eigenvalue weighted by molar-refractivity contribution is 8.00. The predicted molar refractivity (Wildman–Crippen MR) is 70.1 cm³/mol. The molecule has 0 aliphatic carbocycles. The summed E-state index contributed by atoms with van der Waals surface area (Å²) in [6.45, 7) is -0.347. The van der Waals surface area contributed by atoms with E-state index in [0.29, 0.717) is 0 Å². The van der Waals surface area contributed by atoms with E-state index in [1.165, 1.54) is 12.3 Å². The van der Waals surface area contributed by atoms with Crippen molar-refractivity contribution < 1.29 is 24.9 Å². The first-order valence-corrected chi connectivity index (χ1v) is 6.48. The Morgan fingerprint density at radius 3 is 2.62 bits per heavy atom. The minimum Gasteiger partial charge on any atom is -0.395 e. The number of thioether (sulfide) groups is 1. The van der Waals surface area contributed by atoms with Gasteiger partial charge in [0.2, 0.25) is 0 Å². The second-order valence-electron chi connectivity index (χ2n) is 3.96. The van der Waals surface area contributed by atoms with Crippen LogP contribution in [-0.4, -0.2) is 54.2 Å². The van der Waals surface area contributed by atoms with Gasteiger partial charge in [-0.2, -0.15) is 4.98 Å². The minimum atomic E-state index is -1.62. The molecule has 5 N–H and O–H groups in total. The van der Waals surface area contributed by atoms with E-state index >= 15 is 0 Å². The van der Waals surface area contributed by atoms with Crippen LogP contribution in [0, 0.1) is 10.1 Å². The average molecular weight is 324 g/mol. The first kappa shape index (κ1) is 17.1. The van der Waals surface area contributed by atoms with Crippen LogP contribution < -0.4 is 11.4 Å². The van der Waals surface area contributed by atoms with Crippen molar-refractivity contribution in [1.29, 1.82) is 0 Å². The number of rotatable bonds is 2. The lowest BCUT2D eigenvalue weighted by Crippen LogP contribution is -2.33. The molecule has 4 atom stereocenters. The van der Waals surface area contributed by atoms with E-state index in [-0.39, 0.29) is 12.4 Å². The quantitative estimate of drug-likeness (QED) is 0.385. The van der Waals surface area contributed by atoms with E-state index in [1.807, 2.05) is 0 Å². The number of aliphatic hydroxyl groups excluding tert-OH is 2. The summed E-state index contributed by atoms with van der Waals surface area (Å²) in [5.74, 6) is 0.0592. The van der Waals surface area contributed by atoms with Crippen molar-refractivity contribution in [2.45, 2.75) is 22.9 Å². The second-order valence-corrected chi connectivity index (χ2v) is 5.32. The number of nitrogen functional groups attached to an aromatic ring is 1. The number of aromatic nitrogens is 2. The van der Waals surface area contributed by atoms with Crippen LogP contribution in [0.5, 0.6) is 0 Å². The van der Waals surface area contributed by atoms with Gasteiger partial charge in [0, 0.05) is 6.20 Å². The van der Waals surface area contributed by atoms with Crippen LogP contribution in [0.3, 0.4) is 0 Å². The zero-order valence-electron chi connectivity index (χ0n) is 10.4. The molecular formula is C9H13FN4O6S. The fourth-order valence-corrected chi connectivity index (χ4v) is 3.06. The summed E-state index contributed by atoms with van der Waals surface area (Å²) in [7, 11) is 0. The summed E-state index contributed by atoms with van der Waals surface area (Å²) in [5.41, 5.74) is 4.66. The van der Waals surface area contributed by atoms with Gasteiger partial charge in [0.25, 0.3) is 5.09 Å². The highest BCUT2D eigenvalue weighted by Crippen LogP contribution is 2.42. The Balaban J connectivity index is 0.000000491. The number of nitrogens with zero attached hydrogens (tertiary/aromatic N) is 3. The number of halogens is 1. The summed E-state index contributed by atoms with van der Waals surface area (Å²) in [6.07, 6.45) is -1.58. The minimum absolute atomic E-state index is 0.0592. The van der Waals surface area contributed by atoms with E-state index in [1.54, 1.807) is 0 Å². The molecular weight excluding hydrogens is 311 g/mol. The highest BCUT2D eigenvalue weighted by atomic mass is 32.2. The van der Waals surface area contributed by atoms with E-state index in [9.17, 15) is 14.3 Å². The van der Waals surface area contributed by atoms with E-state index in [4.69, 9.17) is 26.2 Å². The van der Waals surface area contributed by atoms with E-state index in [0.717, 1.165) is 16.3 Å². The molecule has 0 saturated carbocycles. The molecule has 21 heavy (non-hydrogen) atoms. The van der Waals surface area contributed by atoms with Gasteiger partial charge in [-0.3, -0.25) is 4.57 Å². The van der Waals surface area contributed by atoms with E-state index < -0.39 is 33.7 Å². The fourth-order valence-electron chi connectivity index (χ4n) is 1.70. The van der Waals surface area contributed by atoms with Gasteiger partial charge in [-0.25, -0.2) is 9.18 Å². The molecule has 2 rings (SSSR count). The number of aliphatic hydroxyl groups is 2. The molecule has 2 heterocycles. The third-order valence-corrected chi connectivity index (χ3v) is 4.14. The Bertz CT molecular complexity index is 553. The Hall–Kier alpha value is -1.92. The molecule has 118 valence electrons. The standard InChI is InChI=1S/C9H12FN3O3S.HNO3/c10-6-7(15)4(3-14)17-8(6)13-2-1-5(11)12-9(13)16;2-1(3)4/h1-2,4,6-8,14-15H,3H2,(H2,11,12,16);(H,2,3,4)/t4-,6+,7-,8-;/m1./s1. The Morgan fingerprint density at radius 1 is 1.62 bits per heavy atom. The van der Waals surface area contributed by atoms with Gasteiger partial charge < -0.3 is 21.2 Å². The fraction of sp³-hybridized carbons (Fsp3) is 0.556. The van der Waals surface area contributed by atoms with Gasteiger partial charge in [-0.15, -0.1) is 21.9 Å². The van der Waals surface area contributed by atoms with E-state index in [2.05, 4.69) is 4.98 Å². The van der Waals surface area contributed by atoms with Crippen molar-refractivity contribution >= 4 is 17.6 Å². The molecule has 0 unspecified atom stereocenters. The molecule has 1 saturated heterocycles. The summed E-state index contributed by atoms with van der Waals surface area (Å²) < 4.78 is 14.9. The third kappa shape index (κ3) is 4.27. The zero-order valence-corrected chi connectivity index (χ0v) is 11.3. The maximum Gasteiger partial charge on any atom is 0.350 e. The smallest absolute Gasteiger partial charge is 0.350 e. The number of anilines is 1. The maximum atomic E-state index is 13.8. The van der Waals surface area contributed by atoms with Gasteiger partial charge >= 0.3 is 5.69 Å². The number of nitrogens with two attached hydrogens (primary N) is 1. The molecule has 1 aromatic rings. The molecule has 10 nitrogen and oxygen atoms in total. The predicted octanol–water partition coefficient (Wildman–Crippen LogP) is -1.22. The monoisotopic (exact) mass is 324 g/mol. The molecule has 1 fully saturated rings. The molecule has 12 heteroatoms. The van der Waals surface area contributed by atoms with Crippen molar-refractivity contribution in [3.8, 4) is 0 Å². The van der Waals surface area contributed by atoms with Crippen LogP contribution in [0.15, 0.2) is 17.1 Å². The molecule has 0 spiro atoms. The second kappa shape index (κ2) is 7.19. The molecule has 0 radical (unpaired) electrons. The topological polar surface area (TPSA) is 165 Å².